The van der Waals surface area contributed by atoms with Crippen LogP contribution >= 0.6 is 23.2 Å². The standard InChI is InChI=1S/C29H20Cl2N2O4/c1-29(2,19-3-13-27(25(30)15-19)36-23-9-5-21(6-10-23)32-17-34)20-4-14-28(26(31)16-20)37-24-11-7-22(8-12-24)33-18-35/h3-16H,1-2H3. The number of aliphatic imine (C=N–C) groups is 2. The fraction of sp³-hybridized carbons (Fsp3) is 0.103. The summed E-state index contributed by atoms with van der Waals surface area (Å²) < 4.78 is 11.8. The minimum atomic E-state index is -0.423. The van der Waals surface area contributed by atoms with Crippen molar-refractivity contribution in [2.45, 2.75) is 19.3 Å². The van der Waals surface area contributed by atoms with Gasteiger partial charge in [0.2, 0.25) is 12.2 Å². The molecule has 0 bridgehead atoms. The fourth-order valence-electron chi connectivity index (χ4n) is 3.65. The van der Waals surface area contributed by atoms with Crippen LogP contribution in [0.3, 0.4) is 0 Å². The van der Waals surface area contributed by atoms with E-state index in [0.717, 1.165) is 11.1 Å². The molecule has 8 heteroatoms. The zero-order valence-electron chi connectivity index (χ0n) is 19.9. The maximum atomic E-state index is 10.4. The zero-order valence-corrected chi connectivity index (χ0v) is 21.4. The molecule has 0 atom stereocenters. The Hall–Kier alpha value is -4.18. The predicted molar refractivity (Wildman–Crippen MR) is 144 cm³/mol. The van der Waals surface area contributed by atoms with Gasteiger partial charge in [-0.2, -0.15) is 9.98 Å². The largest absolute Gasteiger partial charge is 0.456 e. The number of rotatable bonds is 8. The Kier molecular flexibility index (Phi) is 7.88. The molecule has 4 rings (SSSR count). The highest BCUT2D eigenvalue weighted by molar-refractivity contribution is 6.32. The van der Waals surface area contributed by atoms with Crippen LogP contribution in [0.4, 0.5) is 11.4 Å². The van der Waals surface area contributed by atoms with Crippen molar-refractivity contribution < 1.29 is 19.1 Å². The van der Waals surface area contributed by atoms with Gasteiger partial charge in [0.1, 0.15) is 23.0 Å². The van der Waals surface area contributed by atoms with Crippen LogP contribution in [0.2, 0.25) is 10.0 Å². The zero-order chi connectivity index (χ0) is 26.4. The number of benzene rings is 4. The first-order valence-corrected chi connectivity index (χ1v) is 11.9. The van der Waals surface area contributed by atoms with Crippen molar-refractivity contribution in [3.05, 3.63) is 106 Å². The smallest absolute Gasteiger partial charge is 0.240 e. The lowest BCUT2D eigenvalue weighted by atomic mass is 9.78. The van der Waals surface area contributed by atoms with E-state index in [1.807, 2.05) is 36.4 Å². The molecule has 0 saturated heterocycles. The molecule has 0 amide bonds. The van der Waals surface area contributed by atoms with Crippen molar-refractivity contribution in [3.8, 4) is 23.0 Å². The summed E-state index contributed by atoms with van der Waals surface area (Å²) in [6, 6.07) is 24.7. The van der Waals surface area contributed by atoms with Gasteiger partial charge in [0.15, 0.2) is 0 Å². The van der Waals surface area contributed by atoms with E-state index in [2.05, 4.69) is 23.8 Å². The highest BCUT2D eigenvalue weighted by Gasteiger charge is 2.25. The summed E-state index contributed by atoms with van der Waals surface area (Å²) in [6.45, 7) is 4.15. The summed E-state index contributed by atoms with van der Waals surface area (Å²) in [5.41, 5.74) is 2.49. The van der Waals surface area contributed by atoms with E-state index >= 15 is 0 Å². The molecule has 4 aromatic carbocycles. The molecule has 0 fully saturated rings. The monoisotopic (exact) mass is 530 g/mol. The average molecular weight is 531 g/mol. The first-order valence-electron chi connectivity index (χ1n) is 11.1. The molecule has 0 aliphatic carbocycles. The van der Waals surface area contributed by atoms with Crippen LogP contribution in [-0.4, -0.2) is 12.2 Å². The van der Waals surface area contributed by atoms with Crippen molar-refractivity contribution >= 4 is 46.7 Å². The van der Waals surface area contributed by atoms with E-state index in [1.54, 1.807) is 48.5 Å². The lowest BCUT2D eigenvalue weighted by molar-refractivity contribution is 0.481. The van der Waals surface area contributed by atoms with Gasteiger partial charge in [0.05, 0.1) is 21.4 Å². The SMILES string of the molecule is CC(C)(c1ccc(Oc2ccc(N=C=O)cc2)c(Cl)c1)c1ccc(Oc2ccc(N=C=O)cc2)c(Cl)c1. The maximum absolute atomic E-state index is 10.4. The molecule has 0 aliphatic heterocycles. The van der Waals surface area contributed by atoms with E-state index in [4.69, 9.17) is 32.7 Å². The van der Waals surface area contributed by atoms with Crippen molar-refractivity contribution in [2.24, 2.45) is 9.98 Å². The van der Waals surface area contributed by atoms with Gasteiger partial charge in [-0.05, 0) is 83.9 Å². The third kappa shape index (κ3) is 6.15. The Morgan fingerprint density at radius 1 is 0.622 bits per heavy atom. The van der Waals surface area contributed by atoms with Gasteiger partial charge in [0.25, 0.3) is 0 Å². The van der Waals surface area contributed by atoms with Crippen LogP contribution < -0.4 is 9.47 Å². The van der Waals surface area contributed by atoms with Crippen molar-refractivity contribution in [2.75, 3.05) is 0 Å². The van der Waals surface area contributed by atoms with Gasteiger partial charge in [-0.15, -0.1) is 0 Å². The Bertz CT molecular complexity index is 1410. The molecule has 184 valence electrons. The van der Waals surface area contributed by atoms with Gasteiger partial charge in [-0.25, -0.2) is 9.59 Å². The third-order valence-electron chi connectivity index (χ3n) is 5.79. The third-order valence-corrected chi connectivity index (χ3v) is 6.38. The lowest BCUT2D eigenvalue weighted by Gasteiger charge is -2.27. The van der Waals surface area contributed by atoms with Crippen molar-refractivity contribution in [1.82, 2.24) is 0 Å². The summed E-state index contributed by atoms with van der Waals surface area (Å²) >= 11 is 13.1. The summed E-state index contributed by atoms with van der Waals surface area (Å²) in [7, 11) is 0. The number of ether oxygens (including phenoxy) is 2. The van der Waals surface area contributed by atoms with Crippen LogP contribution in [0.15, 0.2) is 94.9 Å². The normalized spacial score (nSPS) is 10.7. The quantitative estimate of drug-likeness (QED) is 0.168. The second-order valence-corrected chi connectivity index (χ2v) is 9.33. The topological polar surface area (TPSA) is 77.3 Å². The van der Waals surface area contributed by atoms with Crippen LogP contribution in [0.5, 0.6) is 23.0 Å². The molecular formula is C29H20Cl2N2O4. The van der Waals surface area contributed by atoms with E-state index < -0.39 is 5.41 Å². The molecule has 0 heterocycles. The maximum Gasteiger partial charge on any atom is 0.240 e. The van der Waals surface area contributed by atoms with Crippen molar-refractivity contribution in [3.63, 3.8) is 0 Å². The first kappa shape index (κ1) is 25.9. The Morgan fingerprint density at radius 3 is 1.32 bits per heavy atom. The van der Waals surface area contributed by atoms with Crippen LogP contribution in [-0.2, 0) is 15.0 Å². The van der Waals surface area contributed by atoms with Gasteiger partial charge < -0.3 is 9.47 Å². The number of hydrogen-bond donors (Lipinski definition) is 0. The number of carbonyl (C=O) groups excluding carboxylic acids is 2. The van der Waals surface area contributed by atoms with Gasteiger partial charge in [0, 0.05) is 5.41 Å². The fourth-order valence-corrected chi connectivity index (χ4v) is 4.09. The van der Waals surface area contributed by atoms with E-state index in [-0.39, 0.29) is 0 Å². The van der Waals surface area contributed by atoms with Crippen molar-refractivity contribution in [1.29, 1.82) is 0 Å². The Balaban J connectivity index is 1.52. The molecular weight excluding hydrogens is 511 g/mol. The van der Waals surface area contributed by atoms with E-state index in [0.29, 0.717) is 44.4 Å². The predicted octanol–water partition coefficient (Wildman–Crippen LogP) is 8.84. The number of isocyanates is 2. The second-order valence-electron chi connectivity index (χ2n) is 8.51. The van der Waals surface area contributed by atoms with Crippen LogP contribution in [0.1, 0.15) is 25.0 Å². The molecule has 0 aromatic heterocycles. The Labute approximate surface area is 223 Å². The minimum absolute atomic E-state index is 0.423. The highest BCUT2D eigenvalue weighted by Crippen LogP contribution is 2.40. The second kappa shape index (κ2) is 11.3. The molecule has 4 aromatic rings. The van der Waals surface area contributed by atoms with E-state index in [9.17, 15) is 9.59 Å². The number of hydrogen-bond acceptors (Lipinski definition) is 6. The van der Waals surface area contributed by atoms with Crippen LogP contribution in [0.25, 0.3) is 0 Å². The molecule has 0 N–H and O–H groups in total. The molecule has 6 nitrogen and oxygen atoms in total. The van der Waals surface area contributed by atoms with Gasteiger partial charge >= 0.3 is 0 Å². The van der Waals surface area contributed by atoms with Gasteiger partial charge in [-0.3, -0.25) is 0 Å². The van der Waals surface area contributed by atoms with E-state index in [1.165, 1.54) is 12.2 Å². The molecule has 0 saturated carbocycles. The lowest BCUT2D eigenvalue weighted by Crippen LogP contribution is -2.19. The molecule has 37 heavy (non-hydrogen) atoms. The summed E-state index contributed by atoms with van der Waals surface area (Å²) in [5.74, 6) is 2.12. The Morgan fingerprint density at radius 2 is 1.00 bits per heavy atom. The summed E-state index contributed by atoms with van der Waals surface area (Å²) in [4.78, 5) is 27.9. The molecule has 0 spiro atoms. The average Bonchev–Trinajstić information content (AvgIpc) is 2.89. The first-order chi connectivity index (χ1) is 17.8. The highest BCUT2D eigenvalue weighted by atomic mass is 35.5. The summed E-state index contributed by atoms with van der Waals surface area (Å²) in [6.07, 6.45) is 3.01. The molecule has 0 unspecified atom stereocenters. The summed E-state index contributed by atoms with van der Waals surface area (Å²) in [5, 5.41) is 0.906. The number of halogens is 2. The van der Waals surface area contributed by atoms with Crippen LogP contribution in [0, 0.1) is 0 Å². The molecule has 0 aliphatic rings. The van der Waals surface area contributed by atoms with Gasteiger partial charge in [-0.1, -0.05) is 49.2 Å². The number of nitrogens with zero attached hydrogens (tertiary/aromatic N) is 2. The molecule has 0 radical (unpaired) electrons. The minimum Gasteiger partial charge on any atom is -0.456 e.